The number of hydrogen-bond donors (Lipinski definition) is 2. The Balaban J connectivity index is 1.81. The van der Waals surface area contributed by atoms with Gasteiger partial charge in [-0.25, -0.2) is 0 Å². The summed E-state index contributed by atoms with van der Waals surface area (Å²) in [4.78, 5) is 24.7. The maximum atomic E-state index is 12.4. The minimum Gasteiger partial charge on any atom is -0.350 e. The molecule has 3 atom stereocenters. The summed E-state index contributed by atoms with van der Waals surface area (Å²) in [6.07, 6.45) is 3.39. The summed E-state index contributed by atoms with van der Waals surface area (Å²) in [5.41, 5.74) is 2.20. The molecule has 1 saturated heterocycles. The predicted molar refractivity (Wildman–Crippen MR) is 89.9 cm³/mol. The third-order valence-electron chi connectivity index (χ3n) is 4.83. The average molecular weight is 313 g/mol. The third kappa shape index (κ3) is 2.83. The number of fused-ring (bicyclic) bond motifs is 1. The fraction of sp³-hybridized carbons (Fsp3) is 0.444. The summed E-state index contributed by atoms with van der Waals surface area (Å²) in [6.45, 7) is 4.00. The van der Waals surface area contributed by atoms with Crippen molar-refractivity contribution in [2.24, 2.45) is 13.0 Å². The van der Waals surface area contributed by atoms with Crippen LogP contribution in [0.25, 0.3) is 10.9 Å². The van der Waals surface area contributed by atoms with Gasteiger partial charge in [0.1, 0.15) is 12.1 Å². The third-order valence-corrected chi connectivity index (χ3v) is 4.83. The monoisotopic (exact) mass is 313 g/mol. The van der Waals surface area contributed by atoms with Crippen LogP contribution in [-0.4, -0.2) is 28.5 Å². The first kappa shape index (κ1) is 15.6. The number of para-hydroxylation sites is 1. The molecule has 1 aliphatic heterocycles. The highest BCUT2D eigenvalue weighted by Crippen LogP contribution is 2.22. The van der Waals surface area contributed by atoms with Crippen LogP contribution >= 0.6 is 0 Å². The van der Waals surface area contributed by atoms with Crippen molar-refractivity contribution in [3.8, 4) is 0 Å². The zero-order valence-corrected chi connectivity index (χ0v) is 13.8. The summed E-state index contributed by atoms with van der Waals surface area (Å²) in [7, 11) is 1.99. The molecule has 5 nitrogen and oxygen atoms in total. The van der Waals surface area contributed by atoms with Gasteiger partial charge >= 0.3 is 0 Å². The van der Waals surface area contributed by atoms with Crippen LogP contribution in [0.15, 0.2) is 30.5 Å². The molecule has 23 heavy (non-hydrogen) atoms. The van der Waals surface area contributed by atoms with Gasteiger partial charge in [0.25, 0.3) is 0 Å². The number of amides is 2. The van der Waals surface area contributed by atoms with Crippen LogP contribution in [0, 0.1) is 5.92 Å². The first-order chi connectivity index (χ1) is 11.0. The molecule has 0 bridgehead atoms. The van der Waals surface area contributed by atoms with Crippen LogP contribution in [0.4, 0.5) is 0 Å². The van der Waals surface area contributed by atoms with E-state index in [1.807, 2.05) is 39.2 Å². The second kappa shape index (κ2) is 6.07. The summed E-state index contributed by atoms with van der Waals surface area (Å²) in [6, 6.07) is 7.17. The molecule has 1 fully saturated rings. The van der Waals surface area contributed by atoms with Gasteiger partial charge in [0.15, 0.2) is 0 Å². The number of hydrogen-bond acceptors (Lipinski definition) is 2. The number of nitrogens with one attached hydrogen (secondary N) is 2. The van der Waals surface area contributed by atoms with Crippen LogP contribution in [-0.2, 0) is 23.1 Å². The summed E-state index contributed by atoms with van der Waals surface area (Å²) in [5, 5.41) is 6.90. The van der Waals surface area contributed by atoms with E-state index in [1.54, 1.807) is 0 Å². The van der Waals surface area contributed by atoms with Crippen molar-refractivity contribution in [3.63, 3.8) is 0 Å². The van der Waals surface area contributed by atoms with Crippen molar-refractivity contribution in [2.45, 2.75) is 38.8 Å². The quantitative estimate of drug-likeness (QED) is 0.903. The maximum Gasteiger partial charge on any atom is 0.243 e. The van der Waals surface area contributed by atoms with Gasteiger partial charge in [0.05, 0.1) is 0 Å². The predicted octanol–water partition coefficient (Wildman–Crippen LogP) is 1.75. The molecule has 0 radical (unpaired) electrons. The number of benzene rings is 1. The summed E-state index contributed by atoms with van der Waals surface area (Å²) in [5.74, 6) is -0.0375. The Bertz CT molecular complexity index is 750. The molecule has 122 valence electrons. The van der Waals surface area contributed by atoms with E-state index in [0.29, 0.717) is 6.42 Å². The molecule has 0 aliphatic carbocycles. The molecular weight excluding hydrogens is 290 g/mol. The van der Waals surface area contributed by atoms with E-state index in [-0.39, 0.29) is 17.7 Å². The van der Waals surface area contributed by atoms with Gasteiger partial charge in [-0.1, -0.05) is 38.5 Å². The van der Waals surface area contributed by atoms with Crippen molar-refractivity contribution < 1.29 is 9.59 Å². The van der Waals surface area contributed by atoms with Gasteiger partial charge in [-0.15, -0.1) is 0 Å². The number of aromatic nitrogens is 1. The summed E-state index contributed by atoms with van der Waals surface area (Å²) < 4.78 is 2.05. The second-order valence-corrected chi connectivity index (χ2v) is 6.42. The second-order valence-electron chi connectivity index (χ2n) is 6.42. The van der Waals surface area contributed by atoms with Crippen LogP contribution in [0.3, 0.4) is 0 Å². The number of carbonyl (C=O) groups excluding carboxylic acids is 2. The molecular formula is C18H23N3O2. The summed E-state index contributed by atoms with van der Waals surface area (Å²) >= 11 is 0. The molecule has 1 aliphatic rings. The molecule has 2 amide bonds. The minimum atomic E-state index is -0.506. The lowest BCUT2D eigenvalue weighted by atomic mass is 9.94. The minimum absolute atomic E-state index is 0.0795. The molecule has 1 aromatic carbocycles. The molecule has 1 aromatic heterocycles. The van der Waals surface area contributed by atoms with Crippen molar-refractivity contribution in [1.82, 2.24) is 15.2 Å². The molecule has 0 spiro atoms. The lowest BCUT2D eigenvalue weighted by Gasteiger charge is -2.32. The van der Waals surface area contributed by atoms with Crippen LogP contribution in [0.1, 0.15) is 25.8 Å². The highest BCUT2D eigenvalue weighted by molar-refractivity contribution is 5.97. The van der Waals surface area contributed by atoms with E-state index in [1.165, 1.54) is 0 Å². The van der Waals surface area contributed by atoms with E-state index < -0.39 is 12.1 Å². The standard InChI is InChI=1S/C18H23N3O2/c1-4-11(2)16-18(23)19-14(17(22)20-16)9-12-10-21(3)15-8-6-5-7-13(12)15/h5-8,10-11,14,16H,4,9H2,1-3H3,(H,19,23)(H,20,22)/t11-,14-,16-/m1/s1. The van der Waals surface area contributed by atoms with Gasteiger partial charge in [-0.3, -0.25) is 9.59 Å². The van der Waals surface area contributed by atoms with Crippen molar-refractivity contribution >= 4 is 22.7 Å². The highest BCUT2D eigenvalue weighted by Gasteiger charge is 2.36. The Kier molecular flexibility index (Phi) is 4.11. The zero-order valence-electron chi connectivity index (χ0n) is 13.8. The van der Waals surface area contributed by atoms with E-state index in [4.69, 9.17) is 0 Å². The molecule has 2 N–H and O–H groups in total. The van der Waals surface area contributed by atoms with Gasteiger partial charge < -0.3 is 15.2 Å². The number of aryl methyl sites for hydroxylation is 1. The van der Waals surface area contributed by atoms with E-state index in [0.717, 1.165) is 22.9 Å². The van der Waals surface area contributed by atoms with Crippen molar-refractivity contribution in [2.75, 3.05) is 0 Å². The smallest absolute Gasteiger partial charge is 0.243 e. The van der Waals surface area contributed by atoms with Gasteiger partial charge in [0, 0.05) is 30.6 Å². The Morgan fingerprint density at radius 2 is 1.91 bits per heavy atom. The van der Waals surface area contributed by atoms with Gasteiger partial charge in [-0.2, -0.15) is 0 Å². The number of rotatable bonds is 4. The van der Waals surface area contributed by atoms with Crippen LogP contribution in [0.5, 0.6) is 0 Å². The topological polar surface area (TPSA) is 63.1 Å². The number of carbonyl (C=O) groups is 2. The number of piperazine rings is 1. The SMILES string of the molecule is CC[C@@H](C)[C@H]1NC(=O)[C@@H](Cc2cn(C)c3ccccc23)NC1=O. The van der Waals surface area contributed by atoms with Crippen molar-refractivity contribution in [3.05, 3.63) is 36.0 Å². The fourth-order valence-electron chi connectivity index (χ4n) is 3.23. The van der Waals surface area contributed by atoms with Crippen LogP contribution in [0.2, 0.25) is 0 Å². The van der Waals surface area contributed by atoms with E-state index in [9.17, 15) is 9.59 Å². The van der Waals surface area contributed by atoms with Gasteiger partial charge in [-0.05, 0) is 17.5 Å². The normalized spacial score (nSPS) is 22.7. The molecule has 3 rings (SSSR count). The lowest BCUT2D eigenvalue weighted by Crippen LogP contribution is -2.63. The van der Waals surface area contributed by atoms with E-state index in [2.05, 4.69) is 27.3 Å². The van der Waals surface area contributed by atoms with E-state index >= 15 is 0 Å². The lowest BCUT2D eigenvalue weighted by molar-refractivity contribution is -0.138. The Hall–Kier alpha value is -2.30. The molecule has 0 saturated carbocycles. The van der Waals surface area contributed by atoms with Gasteiger partial charge in [0.2, 0.25) is 11.8 Å². The zero-order chi connectivity index (χ0) is 16.6. The Morgan fingerprint density at radius 3 is 2.65 bits per heavy atom. The first-order valence-electron chi connectivity index (χ1n) is 8.15. The molecule has 0 unspecified atom stereocenters. The Labute approximate surface area is 136 Å². The average Bonchev–Trinajstić information content (AvgIpc) is 2.86. The van der Waals surface area contributed by atoms with Crippen LogP contribution < -0.4 is 10.6 Å². The van der Waals surface area contributed by atoms with Crippen molar-refractivity contribution in [1.29, 1.82) is 0 Å². The number of nitrogens with zero attached hydrogens (tertiary/aromatic N) is 1. The first-order valence-corrected chi connectivity index (χ1v) is 8.15. The molecule has 2 aromatic rings. The highest BCUT2D eigenvalue weighted by atomic mass is 16.2. The fourth-order valence-corrected chi connectivity index (χ4v) is 3.23. The maximum absolute atomic E-state index is 12.4. The molecule has 5 heteroatoms. The Morgan fingerprint density at radius 1 is 1.17 bits per heavy atom. The largest absolute Gasteiger partial charge is 0.350 e. The molecule has 2 heterocycles.